The van der Waals surface area contributed by atoms with Crippen molar-refractivity contribution >= 4 is 34.2 Å². The van der Waals surface area contributed by atoms with Gasteiger partial charge in [0.2, 0.25) is 0 Å². The van der Waals surface area contributed by atoms with Crippen LogP contribution in [0.15, 0.2) is 12.3 Å². The molecule has 0 amide bonds. The lowest BCUT2D eigenvalue weighted by Gasteiger charge is -2.11. The molecule has 2 nitrogen and oxygen atoms in total. The smallest absolute Gasteiger partial charge is 0.134 e. The molecule has 0 saturated heterocycles. The first-order valence-electron chi connectivity index (χ1n) is 3.55. The fourth-order valence-corrected chi connectivity index (χ4v) is 1.87. The van der Waals surface area contributed by atoms with Gasteiger partial charge in [-0.25, -0.2) is 4.98 Å². The van der Waals surface area contributed by atoms with Gasteiger partial charge in [-0.2, -0.15) is 0 Å². The van der Waals surface area contributed by atoms with Crippen molar-refractivity contribution in [2.75, 3.05) is 14.1 Å². The first-order chi connectivity index (χ1) is 5.61. The van der Waals surface area contributed by atoms with E-state index >= 15 is 0 Å². The highest BCUT2D eigenvalue weighted by molar-refractivity contribution is 14.1. The SMILES string of the molecule is CN(C)Cc1c(I)ccnc1Cl. The number of nitrogens with zero attached hydrogens (tertiary/aromatic N) is 2. The van der Waals surface area contributed by atoms with Crippen molar-refractivity contribution in [3.05, 3.63) is 26.5 Å². The van der Waals surface area contributed by atoms with E-state index < -0.39 is 0 Å². The Kier molecular flexibility index (Phi) is 3.74. The molecule has 0 N–H and O–H groups in total. The molecule has 1 aromatic heterocycles. The first-order valence-corrected chi connectivity index (χ1v) is 5.00. The van der Waals surface area contributed by atoms with Crippen molar-refractivity contribution in [3.63, 3.8) is 0 Å². The van der Waals surface area contributed by atoms with Crippen LogP contribution in [0.25, 0.3) is 0 Å². The quantitative estimate of drug-likeness (QED) is 0.615. The van der Waals surface area contributed by atoms with E-state index in [4.69, 9.17) is 11.6 Å². The predicted molar refractivity (Wildman–Crippen MR) is 59.4 cm³/mol. The average molecular weight is 297 g/mol. The van der Waals surface area contributed by atoms with E-state index in [1.807, 2.05) is 20.2 Å². The van der Waals surface area contributed by atoms with Crippen LogP contribution in [0.1, 0.15) is 5.56 Å². The molecule has 1 aromatic rings. The highest BCUT2D eigenvalue weighted by atomic mass is 127. The van der Waals surface area contributed by atoms with Gasteiger partial charge in [-0.1, -0.05) is 11.6 Å². The van der Waals surface area contributed by atoms with Gasteiger partial charge < -0.3 is 4.90 Å². The Morgan fingerprint density at radius 1 is 1.58 bits per heavy atom. The maximum Gasteiger partial charge on any atom is 0.134 e. The molecule has 66 valence electrons. The van der Waals surface area contributed by atoms with Gasteiger partial charge in [-0.15, -0.1) is 0 Å². The molecular weight excluding hydrogens is 286 g/mol. The summed E-state index contributed by atoms with van der Waals surface area (Å²) < 4.78 is 1.17. The minimum absolute atomic E-state index is 0.607. The summed E-state index contributed by atoms with van der Waals surface area (Å²) in [5, 5.41) is 0.607. The Balaban J connectivity index is 2.96. The van der Waals surface area contributed by atoms with Crippen LogP contribution in [0, 0.1) is 3.57 Å². The van der Waals surface area contributed by atoms with Crippen LogP contribution in [0.3, 0.4) is 0 Å². The lowest BCUT2D eigenvalue weighted by molar-refractivity contribution is 0.401. The molecule has 0 unspecified atom stereocenters. The molecule has 0 saturated carbocycles. The van der Waals surface area contributed by atoms with Gasteiger partial charge in [-0.05, 0) is 42.8 Å². The number of pyridine rings is 1. The summed E-state index contributed by atoms with van der Waals surface area (Å²) in [4.78, 5) is 6.10. The Morgan fingerprint density at radius 3 is 2.75 bits per heavy atom. The summed E-state index contributed by atoms with van der Waals surface area (Å²) in [7, 11) is 4.03. The van der Waals surface area contributed by atoms with E-state index in [2.05, 4.69) is 32.5 Å². The number of rotatable bonds is 2. The van der Waals surface area contributed by atoms with Gasteiger partial charge in [0, 0.05) is 21.9 Å². The molecule has 0 aliphatic rings. The number of aromatic nitrogens is 1. The van der Waals surface area contributed by atoms with Crippen molar-refractivity contribution in [1.82, 2.24) is 9.88 Å². The Morgan fingerprint density at radius 2 is 2.25 bits per heavy atom. The van der Waals surface area contributed by atoms with Crippen molar-refractivity contribution in [3.8, 4) is 0 Å². The van der Waals surface area contributed by atoms with Crippen molar-refractivity contribution in [1.29, 1.82) is 0 Å². The largest absolute Gasteiger partial charge is 0.305 e. The second kappa shape index (κ2) is 4.39. The first kappa shape index (κ1) is 10.2. The van der Waals surface area contributed by atoms with Gasteiger partial charge in [0.25, 0.3) is 0 Å². The van der Waals surface area contributed by atoms with Crippen molar-refractivity contribution in [2.45, 2.75) is 6.54 Å². The van der Waals surface area contributed by atoms with Crippen LogP contribution in [-0.4, -0.2) is 24.0 Å². The summed E-state index contributed by atoms with van der Waals surface area (Å²) in [6.07, 6.45) is 1.73. The molecule has 4 heteroatoms. The summed E-state index contributed by atoms with van der Waals surface area (Å²) in [5.74, 6) is 0. The molecule has 0 bridgehead atoms. The number of hydrogen-bond donors (Lipinski definition) is 0. The molecule has 12 heavy (non-hydrogen) atoms. The third-order valence-electron chi connectivity index (χ3n) is 1.42. The molecule has 0 aliphatic carbocycles. The van der Waals surface area contributed by atoms with E-state index in [9.17, 15) is 0 Å². The zero-order valence-electron chi connectivity index (χ0n) is 7.01. The fraction of sp³-hybridized carbons (Fsp3) is 0.375. The second-order valence-electron chi connectivity index (χ2n) is 2.80. The third-order valence-corrected chi connectivity index (χ3v) is 2.76. The molecular formula is C8H10ClIN2. The topological polar surface area (TPSA) is 16.1 Å². The van der Waals surface area contributed by atoms with Gasteiger partial charge in [0.1, 0.15) is 5.15 Å². The zero-order chi connectivity index (χ0) is 9.14. The molecule has 0 aliphatic heterocycles. The standard InChI is InChI=1S/C8H10ClIN2/c1-12(2)5-6-7(10)3-4-11-8(6)9/h3-4H,5H2,1-2H3. The highest BCUT2D eigenvalue weighted by Gasteiger charge is 2.06. The van der Waals surface area contributed by atoms with Crippen LogP contribution in [0.4, 0.5) is 0 Å². The van der Waals surface area contributed by atoms with Gasteiger partial charge in [0.05, 0.1) is 0 Å². The summed E-state index contributed by atoms with van der Waals surface area (Å²) in [6.45, 7) is 0.838. The predicted octanol–water partition coefficient (Wildman–Crippen LogP) is 2.40. The van der Waals surface area contributed by atoms with Crippen LogP contribution in [0.5, 0.6) is 0 Å². The molecule has 1 heterocycles. The molecule has 1 rings (SSSR count). The van der Waals surface area contributed by atoms with Gasteiger partial charge >= 0.3 is 0 Å². The molecule has 0 fully saturated rings. The Hall–Kier alpha value is 0.130. The average Bonchev–Trinajstić information content (AvgIpc) is 1.97. The van der Waals surface area contributed by atoms with Crippen LogP contribution in [0.2, 0.25) is 5.15 Å². The lowest BCUT2D eigenvalue weighted by atomic mass is 10.3. The highest BCUT2D eigenvalue weighted by Crippen LogP contribution is 2.19. The van der Waals surface area contributed by atoms with Gasteiger partial charge in [0.15, 0.2) is 0 Å². The molecule has 0 aromatic carbocycles. The van der Waals surface area contributed by atoms with E-state index in [-0.39, 0.29) is 0 Å². The molecule has 0 atom stereocenters. The number of halogens is 2. The summed E-state index contributed by atoms with van der Waals surface area (Å²) >= 11 is 8.20. The second-order valence-corrected chi connectivity index (χ2v) is 4.32. The summed E-state index contributed by atoms with van der Waals surface area (Å²) in [5.41, 5.74) is 1.10. The van der Waals surface area contributed by atoms with Crippen molar-refractivity contribution < 1.29 is 0 Å². The number of hydrogen-bond acceptors (Lipinski definition) is 2. The van der Waals surface area contributed by atoms with E-state index in [0.29, 0.717) is 5.15 Å². The van der Waals surface area contributed by atoms with E-state index in [0.717, 1.165) is 12.1 Å². The molecule has 0 radical (unpaired) electrons. The minimum Gasteiger partial charge on any atom is -0.305 e. The fourth-order valence-electron chi connectivity index (χ4n) is 0.902. The van der Waals surface area contributed by atoms with E-state index in [1.54, 1.807) is 6.20 Å². The Bertz CT molecular complexity index is 256. The minimum atomic E-state index is 0.607. The maximum absolute atomic E-state index is 5.93. The third kappa shape index (κ3) is 2.57. The normalized spacial score (nSPS) is 10.8. The Labute approximate surface area is 91.1 Å². The van der Waals surface area contributed by atoms with E-state index in [1.165, 1.54) is 3.57 Å². The van der Waals surface area contributed by atoms with Gasteiger partial charge in [-0.3, -0.25) is 0 Å². The summed E-state index contributed by atoms with van der Waals surface area (Å²) in [6, 6.07) is 1.96. The van der Waals surface area contributed by atoms with Crippen LogP contribution >= 0.6 is 34.2 Å². The monoisotopic (exact) mass is 296 g/mol. The van der Waals surface area contributed by atoms with Crippen molar-refractivity contribution in [2.24, 2.45) is 0 Å². The van der Waals surface area contributed by atoms with Crippen LogP contribution < -0.4 is 0 Å². The molecule has 0 spiro atoms. The maximum atomic E-state index is 5.93. The van der Waals surface area contributed by atoms with Crippen LogP contribution in [-0.2, 0) is 6.54 Å². The zero-order valence-corrected chi connectivity index (χ0v) is 9.93. The lowest BCUT2D eigenvalue weighted by Crippen LogP contribution is -2.12.